The van der Waals surface area contributed by atoms with Gasteiger partial charge >= 0.3 is 0 Å². The fourth-order valence-electron chi connectivity index (χ4n) is 1.73. The Labute approximate surface area is 125 Å². The third-order valence-electron chi connectivity index (χ3n) is 2.75. The standard InChI is InChI=1S/C15H10ClFN2O2/c1-21-14-7-10(16)3-4-11(14)15(20)19-13-5-2-9(8-18)6-12(13)17/h2-7H,1H3,(H,19,20). The van der Waals surface area contributed by atoms with E-state index in [0.717, 1.165) is 6.07 Å². The average Bonchev–Trinajstić information content (AvgIpc) is 2.48. The van der Waals surface area contributed by atoms with Gasteiger partial charge in [0.2, 0.25) is 0 Å². The summed E-state index contributed by atoms with van der Waals surface area (Å²) in [5.41, 5.74) is 0.385. The number of ether oxygens (including phenoxy) is 1. The van der Waals surface area contributed by atoms with Crippen molar-refractivity contribution in [3.63, 3.8) is 0 Å². The highest BCUT2D eigenvalue weighted by Gasteiger charge is 2.14. The van der Waals surface area contributed by atoms with Crippen LogP contribution in [0.25, 0.3) is 0 Å². The van der Waals surface area contributed by atoms with Crippen molar-refractivity contribution in [2.45, 2.75) is 0 Å². The molecule has 0 aromatic heterocycles. The van der Waals surface area contributed by atoms with Gasteiger partial charge < -0.3 is 10.1 Å². The largest absolute Gasteiger partial charge is 0.496 e. The molecule has 2 aromatic carbocycles. The van der Waals surface area contributed by atoms with Crippen LogP contribution >= 0.6 is 11.6 Å². The van der Waals surface area contributed by atoms with Gasteiger partial charge in [-0.3, -0.25) is 4.79 Å². The monoisotopic (exact) mass is 304 g/mol. The van der Waals surface area contributed by atoms with Crippen LogP contribution in [0.3, 0.4) is 0 Å². The SMILES string of the molecule is COc1cc(Cl)ccc1C(=O)Nc1ccc(C#N)cc1F. The Morgan fingerprint density at radius 1 is 1.33 bits per heavy atom. The van der Waals surface area contributed by atoms with Crippen molar-refractivity contribution in [3.8, 4) is 11.8 Å². The predicted octanol–water partition coefficient (Wildman–Crippen LogP) is 3.61. The normalized spacial score (nSPS) is 9.81. The third-order valence-corrected chi connectivity index (χ3v) is 2.99. The van der Waals surface area contributed by atoms with Crippen LogP contribution in [-0.2, 0) is 0 Å². The second-order valence-electron chi connectivity index (χ2n) is 4.11. The first-order chi connectivity index (χ1) is 10.0. The second kappa shape index (κ2) is 6.25. The highest BCUT2D eigenvalue weighted by atomic mass is 35.5. The second-order valence-corrected chi connectivity index (χ2v) is 4.54. The summed E-state index contributed by atoms with van der Waals surface area (Å²) in [6.07, 6.45) is 0. The molecule has 0 aliphatic carbocycles. The van der Waals surface area contributed by atoms with Gasteiger partial charge in [0.25, 0.3) is 5.91 Å². The number of halogens is 2. The van der Waals surface area contributed by atoms with E-state index in [-0.39, 0.29) is 22.6 Å². The van der Waals surface area contributed by atoms with E-state index in [4.69, 9.17) is 21.6 Å². The fourth-order valence-corrected chi connectivity index (χ4v) is 1.89. The highest BCUT2D eigenvalue weighted by Crippen LogP contribution is 2.24. The summed E-state index contributed by atoms with van der Waals surface area (Å²) in [5, 5.41) is 11.5. The van der Waals surface area contributed by atoms with Crippen LogP contribution in [0.5, 0.6) is 5.75 Å². The number of hydrogen-bond donors (Lipinski definition) is 1. The zero-order valence-corrected chi connectivity index (χ0v) is 11.7. The van der Waals surface area contributed by atoms with Crippen LogP contribution in [0.15, 0.2) is 36.4 Å². The lowest BCUT2D eigenvalue weighted by Crippen LogP contribution is -2.14. The van der Waals surface area contributed by atoms with Crippen molar-refractivity contribution in [1.82, 2.24) is 0 Å². The Hall–Kier alpha value is -2.58. The molecule has 6 heteroatoms. The number of carbonyl (C=O) groups is 1. The number of benzene rings is 2. The molecule has 0 heterocycles. The Bertz CT molecular complexity index is 741. The summed E-state index contributed by atoms with van der Waals surface area (Å²) >= 11 is 5.82. The molecule has 0 aliphatic heterocycles. The van der Waals surface area contributed by atoms with E-state index in [1.165, 1.54) is 37.4 Å². The predicted molar refractivity (Wildman–Crippen MR) is 77.1 cm³/mol. The number of nitrogens with zero attached hydrogens (tertiary/aromatic N) is 1. The Morgan fingerprint density at radius 2 is 2.10 bits per heavy atom. The molecule has 1 amide bonds. The minimum Gasteiger partial charge on any atom is -0.496 e. The molecule has 0 saturated carbocycles. The van der Waals surface area contributed by atoms with Crippen molar-refractivity contribution in [3.05, 3.63) is 58.4 Å². The van der Waals surface area contributed by atoms with Crippen LogP contribution in [0.2, 0.25) is 5.02 Å². The van der Waals surface area contributed by atoms with Crippen molar-refractivity contribution in [2.75, 3.05) is 12.4 Å². The molecule has 0 bridgehead atoms. The lowest BCUT2D eigenvalue weighted by molar-refractivity contribution is 0.102. The summed E-state index contributed by atoms with van der Waals surface area (Å²) in [5.74, 6) is -0.934. The fraction of sp³-hybridized carbons (Fsp3) is 0.0667. The van der Waals surface area contributed by atoms with Crippen molar-refractivity contribution >= 4 is 23.2 Å². The number of hydrogen-bond acceptors (Lipinski definition) is 3. The molecule has 1 N–H and O–H groups in total. The molecule has 106 valence electrons. The van der Waals surface area contributed by atoms with E-state index in [9.17, 15) is 9.18 Å². The highest BCUT2D eigenvalue weighted by molar-refractivity contribution is 6.31. The molecule has 0 unspecified atom stereocenters. The lowest BCUT2D eigenvalue weighted by atomic mass is 10.1. The summed E-state index contributed by atoms with van der Waals surface area (Å²) < 4.78 is 18.8. The van der Waals surface area contributed by atoms with Gasteiger partial charge in [-0.1, -0.05) is 11.6 Å². The Balaban J connectivity index is 2.28. The molecule has 0 radical (unpaired) electrons. The Morgan fingerprint density at radius 3 is 2.71 bits per heavy atom. The van der Waals surface area contributed by atoms with Crippen LogP contribution in [0.1, 0.15) is 15.9 Å². The number of methoxy groups -OCH3 is 1. The first-order valence-electron chi connectivity index (χ1n) is 5.89. The maximum absolute atomic E-state index is 13.7. The van der Waals surface area contributed by atoms with Gasteiger partial charge in [0, 0.05) is 5.02 Å². The van der Waals surface area contributed by atoms with Gasteiger partial charge in [0.05, 0.1) is 30.0 Å². The molecule has 2 rings (SSSR count). The molecular weight excluding hydrogens is 295 g/mol. The number of carbonyl (C=O) groups excluding carboxylic acids is 1. The van der Waals surface area contributed by atoms with E-state index < -0.39 is 11.7 Å². The van der Waals surface area contributed by atoms with E-state index in [0.29, 0.717) is 5.02 Å². The number of nitrogens with one attached hydrogen (secondary N) is 1. The molecule has 4 nitrogen and oxygen atoms in total. The molecule has 2 aromatic rings. The smallest absolute Gasteiger partial charge is 0.259 e. The summed E-state index contributed by atoms with van der Waals surface area (Å²) in [4.78, 5) is 12.1. The number of nitriles is 1. The van der Waals surface area contributed by atoms with E-state index in [1.54, 1.807) is 0 Å². The van der Waals surface area contributed by atoms with E-state index in [2.05, 4.69) is 5.32 Å². The Kier molecular flexibility index (Phi) is 4.41. The zero-order chi connectivity index (χ0) is 15.4. The molecule has 0 aliphatic rings. The van der Waals surface area contributed by atoms with Gasteiger partial charge in [-0.2, -0.15) is 5.26 Å². The maximum Gasteiger partial charge on any atom is 0.259 e. The van der Waals surface area contributed by atoms with Gasteiger partial charge in [-0.15, -0.1) is 0 Å². The van der Waals surface area contributed by atoms with Gasteiger partial charge in [0.1, 0.15) is 11.6 Å². The number of rotatable bonds is 3. The molecular formula is C15H10ClFN2O2. The minimum atomic E-state index is -0.685. The molecule has 0 saturated heterocycles. The van der Waals surface area contributed by atoms with E-state index in [1.807, 2.05) is 6.07 Å². The van der Waals surface area contributed by atoms with Crippen LogP contribution in [0, 0.1) is 17.1 Å². The van der Waals surface area contributed by atoms with Crippen LogP contribution in [-0.4, -0.2) is 13.0 Å². The summed E-state index contributed by atoms with van der Waals surface area (Å²) in [6.45, 7) is 0. The quantitative estimate of drug-likeness (QED) is 0.942. The molecule has 0 fully saturated rings. The molecule has 0 spiro atoms. The number of amides is 1. The molecule has 0 atom stereocenters. The van der Waals surface area contributed by atoms with Crippen molar-refractivity contribution < 1.29 is 13.9 Å². The van der Waals surface area contributed by atoms with Gasteiger partial charge in [0.15, 0.2) is 0 Å². The van der Waals surface area contributed by atoms with Crippen LogP contribution in [0.4, 0.5) is 10.1 Å². The first-order valence-corrected chi connectivity index (χ1v) is 6.27. The lowest BCUT2D eigenvalue weighted by Gasteiger charge is -2.10. The minimum absolute atomic E-state index is 0.0176. The summed E-state index contributed by atoms with van der Waals surface area (Å²) in [7, 11) is 1.41. The maximum atomic E-state index is 13.7. The van der Waals surface area contributed by atoms with Crippen molar-refractivity contribution in [2.24, 2.45) is 0 Å². The third kappa shape index (κ3) is 3.30. The molecule has 21 heavy (non-hydrogen) atoms. The van der Waals surface area contributed by atoms with Crippen molar-refractivity contribution in [1.29, 1.82) is 5.26 Å². The zero-order valence-electron chi connectivity index (χ0n) is 11.0. The van der Waals surface area contributed by atoms with Crippen LogP contribution < -0.4 is 10.1 Å². The number of anilines is 1. The van der Waals surface area contributed by atoms with Gasteiger partial charge in [-0.25, -0.2) is 4.39 Å². The van der Waals surface area contributed by atoms with E-state index >= 15 is 0 Å². The van der Waals surface area contributed by atoms with Gasteiger partial charge in [-0.05, 0) is 36.4 Å². The first kappa shape index (κ1) is 14.8. The summed E-state index contributed by atoms with van der Waals surface area (Å²) in [6, 6.07) is 10.1. The average molecular weight is 305 g/mol. The topological polar surface area (TPSA) is 62.1 Å².